The molecule has 27 heavy (non-hydrogen) atoms. The molecular weight excluding hydrogens is 451 g/mol. The summed E-state index contributed by atoms with van der Waals surface area (Å²) in [5.41, 5.74) is 9.02. The molecule has 0 atom stereocenters. The number of nitrogens with zero attached hydrogens (tertiary/aromatic N) is 4. The van der Waals surface area contributed by atoms with Gasteiger partial charge >= 0.3 is 0 Å². The topological polar surface area (TPSA) is 81.1 Å². The Morgan fingerprint density at radius 2 is 1.89 bits per heavy atom. The van der Waals surface area contributed by atoms with Gasteiger partial charge in [-0.2, -0.15) is 5.10 Å². The Kier molecular flexibility index (Phi) is 11.0. The summed E-state index contributed by atoms with van der Waals surface area (Å²) in [6.07, 6.45) is 9.48. The van der Waals surface area contributed by atoms with Gasteiger partial charge in [-0.15, -0.1) is 24.0 Å². The van der Waals surface area contributed by atoms with Crippen molar-refractivity contribution in [3.8, 4) is 5.82 Å². The van der Waals surface area contributed by atoms with Crippen LogP contribution in [0.3, 0.4) is 0 Å². The lowest BCUT2D eigenvalue weighted by atomic mass is 10.1. The highest BCUT2D eigenvalue weighted by Crippen LogP contribution is 2.10. The maximum Gasteiger partial charge on any atom is 0.188 e. The van der Waals surface area contributed by atoms with E-state index in [-0.39, 0.29) is 24.0 Å². The van der Waals surface area contributed by atoms with Crippen LogP contribution in [0.15, 0.2) is 29.4 Å². The van der Waals surface area contributed by atoms with Gasteiger partial charge in [0.2, 0.25) is 0 Å². The number of aromatic nitrogens is 3. The summed E-state index contributed by atoms with van der Waals surface area (Å²) >= 11 is 0. The van der Waals surface area contributed by atoms with Crippen molar-refractivity contribution in [3.05, 3.63) is 41.3 Å². The van der Waals surface area contributed by atoms with Crippen LogP contribution in [0.4, 0.5) is 0 Å². The summed E-state index contributed by atoms with van der Waals surface area (Å²) in [5.74, 6) is 1.32. The number of hydrogen-bond donors (Lipinski definition) is 2. The normalized spacial score (nSPS) is 11.3. The first-order chi connectivity index (χ1) is 12.6. The Hall–Kier alpha value is -1.64. The summed E-state index contributed by atoms with van der Waals surface area (Å²) in [7, 11) is 0. The van der Waals surface area contributed by atoms with Crippen molar-refractivity contribution < 1.29 is 0 Å². The molecular formula is C20H33IN6. The van der Waals surface area contributed by atoms with Crippen LogP contribution in [0.25, 0.3) is 5.82 Å². The Balaban J connectivity index is 0.00000364. The molecule has 0 aliphatic heterocycles. The quantitative estimate of drug-likeness (QED) is 0.229. The highest BCUT2D eigenvalue weighted by Gasteiger charge is 2.04. The van der Waals surface area contributed by atoms with Gasteiger partial charge in [0.15, 0.2) is 11.8 Å². The molecule has 0 spiro atoms. The van der Waals surface area contributed by atoms with E-state index in [1.165, 1.54) is 32.1 Å². The SMILES string of the molecule is CCCCCCCCNC(N)=NCc1ccc(-n2nc(C)cc2C)nc1.I. The Morgan fingerprint density at radius 3 is 2.52 bits per heavy atom. The first kappa shape index (κ1) is 23.4. The number of hydrogen-bond acceptors (Lipinski definition) is 3. The Morgan fingerprint density at radius 1 is 1.15 bits per heavy atom. The molecule has 0 amide bonds. The second-order valence-corrected chi connectivity index (χ2v) is 6.76. The molecule has 0 bridgehead atoms. The number of guanidine groups is 1. The summed E-state index contributed by atoms with van der Waals surface area (Å²) in [6, 6.07) is 6.02. The Bertz CT molecular complexity index is 693. The van der Waals surface area contributed by atoms with Crippen LogP contribution in [0.1, 0.15) is 62.4 Å². The van der Waals surface area contributed by atoms with Gasteiger partial charge in [-0.3, -0.25) is 0 Å². The monoisotopic (exact) mass is 484 g/mol. The van der Waals surface area contributed by atoms with Crippen LogP contribution in [0, 0.1) is 13.8 Å². The van der Waals surface area contributed by atoms with Crippen LogP contribution in [-0.2, 0) is 6.54 Å². The molecule has 2 heterocycles. The highest BCUT2D eigenvalue weighted by molar-refractivity contribution is 14.0. The van der Waals surface area contributed by atoms with Gasteiger partial charge in [-0.1, -0.05) is 45.1 Å². The molecule has 2 rings (SSSR count). The average molecular weight is 484 g/mol. The molecule has 3 N–H and O–H groups in total. The first-order valence-electron chi connectivity index (χ1n) is 9.62. The van der Waals surface area contributed by atoms with E-state index < -0.39 is 0 Å². The zero-order chi connectivity index (χ0) is 18.8. The molecule has 150 valence electrons. The van der Waals surface area contributed by atoms with Crippen molar-refractivity contribution in [2.75, 3.05) is 6.54 Å². The lowest BCUT2D eigenvalue weighted by Gasteiger charge is -2.06. The minimum absolute atomic E-state index is 0. The number of nitrogens with two attached hydrogens (primary N) is 1. The van der Waals surface area contributed by atoms with Crippen molar-refractivity contribution in [1.82, 2.24) is 20.1 Å². The lowest BCUT2D eigenvalue weighted by Crippen LogP contribution is -2.32. The third-order valence-corrected chi connectivity index (χ3v) is 4.30. The smallest absolute Gasteiger partial charge is 0.188 e. The van der Waals surface area contributed by atoms with Crippen molar-refractivity contribution in [2.24, 2.45) is 10.7 Å². The summed E-state index contributed by atoms with van der Waals surface area (Å²) in [4.78, 5) is 8.87. The molecule has 0 saturated carbocycles. The second kappa shape index (κ2) is 12.7. The molecule has 2 aromatic heterocycles. The molecule has 7 heteroatoms. The molecule has 0 saturated heterocycles. The number of nitrogens with one attached hydrogen (secondary N) is 1. The maximum atomic E-state index is 5.93. The zero-order valence-corrected chi connectivity index (χ0v) is 19.1. The average Bonchev–Trinajstić information content (AvgIpc) is 2.98. The molecule has 0 aliphatic rings. The fraction of sp³-hybridized carbons (Fsp3) is 0.550. The van der Waals surface area contributed by atoms with E-state index in [1.54, 1.807) is 0 Å². The number of rotatable bonds is 10. The molecule has 2 aromatic rings. The van der Waals surface area contributed by atoms with E-state index in [0.29, 0.717) is 12.5 Å². The molecule has 0 aromatic carbocycles. The van der Waals surface area contributed by atoms with Crippen molar-refractivity contribution >= 4 is 29.9 Å². The molecule has 0 unspecified atom stereocenters. The summed E-state index contributed by atoms with van der Waals surface area (Å²) in [5, 5.41) is 7.63. The van der Waals surface area contributed by atoms with E-state index in [1.807, 2.05) is 42.9 Å². The van der Waals surface area contributed by atoms with Crippen LogP contribution >= 0.6 is 24.0 Å². The van der Waals surface area contributed by atoms with Gasteiger partial charge in [0.25, 0.3) is 0 Å². The van der Waals surface area contributed by atoms with Gasteiger partial charge < -0.3 is 11.1 Å². The Labute approximate surface area is 180 Å². The first-order valence-corrected chi connectivity index (χ1v) is 9.62. The fourth-order valence-corrected chi connectivity index (χ4v) is 2.85. The van der Waals surface area contributed by atoms with Crippen LogP contribution < -0.4 is 11.1 Å². The second-order valence-electron chi connectivity index (χ2n) is 6.76. The van der Waals surface area contributed by atoms with Gasteiger partial charge in [0.1, 0.15) is 0 Å². The van der Waals surface area contributed by atoms with E-state index in [2.05, 4.69) is 27.3 Å². The molecule has 6 nitrogen and oxygen atoms in total. The van der Waals surface area contributed by atoms with Gasteiger partial charge in [0.05, 0.1) is 12.2 Å². The fourth-order valence-electron chi connectivity index (χ4n) is 2.85. The van der Waals surface area contributed by atoms with Gasteiger partial charge in [-0.05, 0) is 38.0 Å². The van der Waals surface area contributed by atoms with Crippen LogP contribution in [0.2, 0.25) is 0 Å². The third kappa shape index (κ3) is 8.28. The number of unbranched alkanes of at least 4 members (excludes halogenated alkanes) is 5. The van der Waals surface area contributed by atoms with E-state index in [0.717, 1.165) is 35.7 Å². The zero-order valence-electron chi connectivity index (χ0n) is 16.7. The summed E-state index contributed by atoms with van der Waals surface area (Å²) < 4.78 is 1.85. The molecule has 0 radical (unpaired) electrons. The third-order valence-electron chi connectivity index (χ3n) is 4.30. The maximum absolute atomic E-state index is 5.93. The number of pyridine rings is 1. The minimum Gasteiger partial charge on any atom is -0.370 e. The van der Waals surface area contributed by atoms with Crippen molar-refractivity contribution in [3.63, 3.8) is 0 Å². The van der Waals surface area contributed by atoms with Gasteiger partial charge in [-0.25, -0.2) is 14.7 Å². The van der Waals surface area contributed by atoms with E-state index in [4.69, 9.17) is 5.73 Å². The number of halogens is 1. The molecule has 0 fully saturated rings. The predicted octanol–water partition coefficient (Wildman–Crippen LogP) is 4.27. The highest BCUT2D eigenvalue weighted by atomic mass is 127. The van der Waals surface area contributed by atoms with Crippen molar-refractivity contribution in [1.29, 1.82) is 0 Å². The van der Waals surface area contributed by atoms with E-state index >= 15 is 0 Å². The molecule has 0 aliphatic carbocycles. The standard InChI is InChI=1S/C20H32N6.HI/c1-4-5-6-7-8-9-12-22-20(21)24-15-18-10-11-19(23-14-18)26-17(3)13-16(2)25-26;/h10-11,13-14H,4-9,12,15H2,1-3H3,(H3,21,22,24);1H. The number of aryl methyl sites for hydroxylation is 2. The lowest BCUT2D eigenvalue weighted by molar-refractivity contribution is 0.601. The predicted molar refractivity (Wildman–Crippen MR) is 123 cm³/mol. The van der Waals surface area contributed by atoms with Crippen molar-refractivity contribution in [2.45, 2.75) is 65.8 Å². The van der Waals surface area contributed by atoms with Gasteiger partial charge in [0, 0.05) is 18.4 Å². The minimum atomic E-state index is 0. The largest absolute Gasteiger partial charge is 0.370 e. The number of aliphatic imine (C=N–C) groups is 1. The van der Waals surface area contributed by atoms with E-state index in [9.17, 15) is 0 Å². The summed E-state index contributed by atoms with van der Waals surface area (Å²) in [6.45, 7) is 7.65. The van der Waals surface area contributed by atoms with Crippen LogP contribution in [-0.4, -0.2) is 27.3 Å². The van der Waals surface area contributed by atoms with Crippen LogP contribution in [0.5, 0.6) is 0 Å².